The molecule has 0 radical (unpaired) electrons. The minimum atomic E-state index is -0.169. The van der Waals surface area contributed by atoms with E-state index in [1.807, 2.05) is 6.07 Å². The Morgan fingerprint density at radius 3 is 2.83 bits per heavy atom. The van der Waals surface area contributed by atoms with Crippen LogP contribution in [0.2, 0.25) is 0 Å². The predicted octanol–water partition coefficient (Wildman–Crippen LogP) is 2.87. The molecule has 0 unspecified atom stereocenters. The third-order valence-electron chi connectivity index (χ3n) is 4.88. The average molecular weight is 327 g/mol. The molecule has 1 N–H and O–H groups in total. The number of amides is 1. The zero-order valence-electron chi connectivity index (χ0n) is 14.0. The maximum Gasteiger partial charge on any atom is 0.261 e. The highest BCUT2D eigenvalue weighted by Crippen LogP contribution is 2.26. The van der Waals surface area contributed by atoms with Crippen LogP contribution in [0.3, 0.4) is 0 Å². The molecular weight excluding hydrogens is 302 g/mol. The van der Waals surface area contributed by atoms with E-state index in [1.54, 1.807) is 18.2 Å². The number of aromatic nitrogens is 2. The standard InChI is InChI=1S/C19H25N3O2/c23-18(20-12-6-9-15-7-2-1-3-8-15)13-22-14-21-17-11-5-4-10-16(17)19(22)24/h4-5,10-11,14-15H,1-3,6-9,12-13H2,(H,20,23). The van der Waals surface area contributed by atoms with Gasteiger partial charge in [-0.3, -0.25) is 14.2 Å². The van der Waals surface area contributed by atoms with Gasteiger partial charge >= 0.3 is 0 Å². The first-order chi connectivity index (χ1) is 11.7. The lowest BCUT2D eigenvalue weighted by atomic mass is 9.86. The number of carbonyl (C=O) groups excluding carboxylic acids is 1. The van der Waals surface area contributed by atoms with Crippen molar-refractivity contribution in [2.45, 2.75) is 51.5 Å². The predicted molar refractivity (Wildman–Crippen MR) is 94.8 cm³/mol. The van der Waals surface area contributed by atoms with E-state index in [1.165, 1.54) is 49.4 Å². The summed E-state index contributed by atoms with van der Waals surface area (Å²) in [5.74, 6) is 0.709. The van der Waals surface area contributed by atoms with Crippen LogP contribution in [0.25, 0.3) is 10.9 Å². The van der Waals surface area contributed by atoms with E-state index in [2.05, 4.69) is 10.3 Å². The number of rotatable bonds is 6. The Morgan fingerprint density at radius 2 is 2.00 bits per heavy atom. The van der Waals surface area contributed by atoms with Gasteiger partial charge in [0.1, 0.15) is 6.54 Å². The molecule has 0 aliphatic heterocycles. The van der Waals surface area contributed by atoms with E-state index in [4.69, 9.17) is 0 Å². The van der Waals surface area contributed by atoms with Crippen molar-refractivity contribution in [3.05, 3.63) is 40.9 Å². The van der Waals surface area contributed by atoms with Gasteiger partial charge in [-0.15, -0.1) is 0 Å². The Labute approximate surface area is 142 Å². The fourth-order valence-electron chi connectivity index (χ4n) is 3.52. The zero-order valence-corrected chi connectivity index (χ0v) is 14.0. The van der Waals surface area contributed by atoms with Crippen molar-refractivity contribution in [2.75, 3.05) is 6.54 Å². The molecule has 24 heavy (non-hydrogen) atoms. The molecule has 1 amide bonds. The monoisotopic (exact) mass is 327 g/mol. The molecule has 1 aliphatic carbocycles. The Morgan fingerprint density at radius 1 is 1.21 bits per heavy atom. The number of fused-ring (bicyclic) bond motifs is 1. The molecule has 128 valence electrons. The fourth-order valence-corrected chi connectivity index (χ4v) is 3.52. The number of hydrogen-bond acceptors (Lipinski definition) is 3. The number of benzene rings is 1. The molecule has 1 aromatic heterocycles. The smallest absolute Gasteiger partial charge is 0.261 e. The summed E-state index contributed by atoms with van der Waals surface area (Å²) in [6, 6.07) is 7.19. The van der Waals surface area contributed by atoms with Crippen molar-refractivity contribution in [3.63, 3.8) is 0 Å². The minimum Gasteiger partial charge on any atom is -0.355 e. The van der Waals surface area contributed by atoms with Crippen LogP contribution < -0.4 is 10.9 Å². The lowest BCUT2D eigenvalue weighted by Gasteiger charge is -2.21. The molecule has 1 saturated carbocycles. The van der Waals surface area contributed by atoms with E-state index < -0.39 is 0 Å². The molecule has 1 fully saturated rings. The lowest BCUT2D eigenvalue weighted by Crippen LogP contribution is -2.33. The van der Waals surface area contributed by atoms with Crippen molar-refractivity contribution in [1.82, 2.24) is 14.9 Å². The molecule has 0 bridgehead atoms. The number of nitrogens with one attached hydrogen (secondary N) is 1. The highest BCUT2D eigenvalue weighted by atomic mass is 16.2. The second-order valence-corrected chi connectivity index (χ2v) is 6.69. The van der Waals surface area contributed by atoms with Crippen molar-refractivity contribution in [3.8, 4) is 0 Å². The van der Waals surface area contributed by atoms with Gasteiger partial charge in [-0.05, 0) is 30.9 Å². The molecule has 5 heteroatoms. The number of nitrogens with zero attached hydrogens (tertiary/aromatic N) is 2. The first kappa shape index (κ1) is 16.7. The van der Waals surface area contributed by atoms with Crippen molar-refractivity contribution >= 4 is 16.8 Å². The SMILES string of the molecule is O=C(Cn1cnc2ccccc2c1=O)NCCCC1CCCCC1. The molecular formula is C19H25N3O2. The van der Waals surface area contributed by atoms with E-state index in [0.717, 1.165) is 12.3 Å². The van der Waals surface area contributed by atoms with Gasteiger partial charge in [0.25, 0.3) is 5.56 Å². The molecule has 5 nitrogen and oxygen atoms in total. The van der Waals surface area contributed by atoms with Crippen molar-refractivity contribution < 1.29 is 4.79 Å². The van der Waals surface area contributed by atoms with Gasteiger partial charge in [0, 0.05) is 6.54 Å². The Balaban J connectivity index is 1.48. The third kappa shape index (κ3) is 4.22. The largest absolute Gasteiger partial charge is 0.355 e. The maximum absolute atomic E-state index is 12.3. The summed E-state index contributed by atoms with van der Waals surface area (Å²) in [4.78, 5) is 28.6. The van der Waals surface area contributed by atoms with Crippen LogP contribution in [0.5, 0.6) is 0 Å². The minimum absolute atomic E-state index is 0.0279. The zero-order chi connectivity index (χ0) is 16.8. The third-order valence-corrected chi connectivity index (χ3v) is 4.88. The molecule has 0 spiro atoms. The van der Waals surface area contributed by atoms with E-state index >= 15 is 0 Å². The normalized spacial score (nSPS) is 15.5. The average Bonchev–Trinajstić information content (AvgIpc) is 2.62. The topological polar surface area (TPSA) is 64.0 Å². The summed E-state index contributed by atoms with van der Waals surface area (Å²) in [6.45, 7) is 0.713. The fraction of sp³-hybridized carbons (Fsp3) is 0.526. The molecule has 2 aromatic rings. The van der Waals surface area contributed by atoms with Crippen LogP contribution in [0.1, 0.15) is 44.9 Å². The number of para-hydroxylation sites is 1. The Kier molecular flexibility index (Phi) is 5.62. The van der Waals surface area contributed by atoms with E-state index in [9.17, 15) is 9.59 Å². The molecule has 1 heterocycles. The first-order valence-electron chi connectivity index (χ1n) is 8.95. The van der Waals surface area contributed by atoms with Gasteiger partial charge in [0.2, 0.25) is 5.91 Å². The van der Waals surface area contributed by atoms with Crippen LogP contribution >= 0.6 is 0 Å². The lowest BCUT2D eigenvalue weighted by molar-refractivity contribution is -0.121. The van der Waals surface area contributed by atoms with Gasteiger partial charge < -0.3 is 5.32 Å². The molecule has 0 saturated heterocycles. The summed E-state index contributed by atoms with van der Waals surface area (Å²) >= 11 is 0. The summed E-state index contributed by atoms with van der Waals surface area (Å²) in [5.41, 5.74) is 0.490. The summed E-state index contributed by atoms with van der Waals surface area (Å²) < 4.78 is 1.37. The van der Waals surface area contributed by atoms with Crippen LogP contribution in [0.15, 0.2) is 35.4 Å². The van der Waals surface area contributed by atoms with Gasteiger partial charge in [0.15, 0.2) is 0 Å². The maximum atomic E-state index is 12.3. The molecule has 0 atom stereocenters. The van der Waals surface area contributed by atoms with E-state index in [0.29, 0.717) is 17.4 Å². The molecule has 1 aromatic carbocycles. The summed E-state index contributed by atoms with van der Waals surface area (Å²) in [6.07, 6.45) is 10.4. The van der Waals surface area contributed by atoms with Crippen LogP contribution in [-0.2, 0) is 11.3 Å². The second-order valence-electron chi connectivity index (χ2n) is 6.69. The van der Waals surface area contributed by atoms with Crippen LogP contribution in [0, 0.1) is 5.92 Å². The Hall–Kier alpha value is -2.17. The second kappa shape index (κ2) is 8.08. The van der Waals surface area contributed by atoms with Crippen molar-refractivity contribution in [2.24, 2.45) is 5.92 Å². The van der Waals surface area contributed by atoms with E-state index in [-0.39, 0.29) is 18.0 Å². The van der Waals surface area contributed by atoms with Gasteiger partial charge in [-0.1, -0.05) is 44.2 Å². The number of carbonyl (C=O) groups is 1. The van der Waals surface area contributed by atoms with Crippen LogP contribution in [0.4, 0.5) is 0 Å². The highest BCUT2D eigenvalue weighted by Gasteiger charge is 2.13. The molecule has 3 rings (SSSR count). The van der Waals surface area contributed by atoms with Gasteiger partial charge in [-0.25, -0.2) is 4.98 Å². The quantitative estimate of drug-likeness (QED) is 0.830. The highest BCUT2D eigenvalue weighted by molar-refractivity contribution is 5.78. The molecule has 1 aliphatic rings. The van der Waals surface area contributed by atoms with Gasteiger partial charge in [0.05, 0.1) is 17.2 Å². The summed E-state index contributed by atoms with van der Waals surface area (Å²) in [7, 11) is 0. The first-order valence-corrected chi connectivity index (χ1v) is 8.95. The Bertz CT molecular complexity index is 748. The van der Waals surface area contributed by atoms with Crippen LogP contribution in [-0.4, -0.2) is 22.0 Å². The van der Waals surface area contributed by atoms with Gasteiger partial charge in [-0.2, -0.15) is 0 Å². The summed E-state index contributed by atoms with van der Waals surface area (Å²) in [5, 5.41) is 3.47. The number of hydrogen-bond donors (Lipinski definition) is 1. The van der Waals surface area contributed by atoms with Crippen molar-refractivity contribution in [1.29, 1.82) is 0 Å².